The number of hydrogen-bond donors (Lipinski definition) is 1. The van der Waals surface area contributed by atoms with Gasteiger partial charge in [-0.25, -0.2) is 0 Å². The predicted octanol–water partition coefficient (Wildman–Crippen LogP) is 4.39. The lowest BCUT2D eigenvalue weighted by Crippen LogP contribution is -2.32. The molecule has 0 aliphatic heterocycles. The maximum atomic E-state index is 5.46. The summed E-state index contributed by atoms with van der Waals surface area (Å²) in [4.78, 5) is 8.85. The molecule has 2 unspecified atom stereocenters. The third-order valence-corrected chi connectivity index (χ3v) is 4.92. The molecule has 5 nitrogen and oxygen atoms in total. The van der Waals surface area contributed by atoms with Gasteiger partial charge in [0.2, 0.25) is 5.89 Å². The zero-order valence-corrected chi connectivity index (χ0v) is 14.7. The van der Waals surface area contributed by atoms with E-state index in [2.05, 4.69) is 40.4 Å². The fourth-order valence-electron chi connectivity index (χ4n) is 3.64. The maximum Gasteiger partial charge on any atom is 0.243 e. The van der Waals surface area contributed by atoms with E-state index in [-0.39, 0.29) is 12.1 Å². The predicted molar refractivity (Wildman–Crippen MR) is 93.4 cm³/mol. The van der Waals surface area contributed by atoms with Crippen LogP contribution in [0.3, 0.4) is 0 Å². The minimum atomic E-state index is 0.0373. The highest BCUT2D eigenvalue weighted by Gasteiger charge is 2.28. The molecule has 0 radical (unpaired) electrons. The van der Waals surface area contributed by atoms with Crippen molar-refractivity contribution >= 4 is 0 Å². The van der Waals surface area contributed by atoms with E-state index in [0.29, 0.717) is 11.8 Å². The van der Waals surface area contributed by atoms with Crippen molar-refractivity contribution in [3.05, 3.63) is 41.8 Å². The smallest absolute Gasteiger partial charge is 0.243 e. The first-order valence-electron chi connectivity index (χ1n) is 9.26. The van der Waals surface area contributed by atoms with Crippen LogP contribution in [0.1, 0.15) is 81.7 Å². The van der Waals surface area contributed by atoms with Crippen LogP contribution in [0.15, 0.2) is 29.0 Å². The van der Waals surface area contributed by atoms with Crippen LogP contribution >= 0.6 is 0 Å². The van der Waals surface area contributed by atoms with Crippen LogP contribution in [0.25, 0.3) is 0 Å². The first-order chi connectivity index (χ1) is 11.8. The molecule has 130 valence electrons. The lowest BCUT2D eigenvalue weighted by atomic mass is 9.81. The Kier molecular flexibility index (Phi) is 5.96. The molecule has 2 atom stereocenters. The van der Waals surface area contributed by atoms with Crippen molar-refractivity contribution in [1.82, 2.24) is 20.4 Å². The average Bonchev–Trinajstić information content (AvgIpc) is 3.10. The molecule has 1 aliphatic carbocycles. The van der Waals surface area contributed by atoms with Crippen LogP contribution in [-0.4, -0.2) is 15.1 Å². The molecule has 0 aromatic carbocycles. The molecular weight excluding hydrogens is 300 g/mol. The Bertz CT molecular complexity index is 607. The van der Waals surface area contributed by atoms with Gasteiger partial charge in [0.05, 0.1) is 6.04 Å². The van der Waals surface area contributed by atoms with E-state index in [1.165, 1.54) is 37.7 Å². The Morgan fingerprint density at radius 3 is 2.83 bits per heavy atom. The quantitative estimate of drug-likeness (QED) is 0.816. The highest BCUT2D eigenvalue weighted by molar-refractivity contribution is 5.16. The van der Waals surface area contributed by atoms with E-state index in [9.17, 15) is 0 Å². The molecule has 5 heteroatoms. The van der Waals surface area contributed by atoms with Crippen molar-refractivity contribution in [2.75, 3.05) is 0 Å². The van der Waals surface area contributed by atoms with E-state index in [0.717, 1.165) is 18.7 Å². The fourth-order valence-corrected chi connectivity index (χ4v) is 3.64. The van der Waals surface area contributed by atoms with E-state index >= 15 is 0 Å². The molecule has 0 saturated heterocycles. The summed E-state index contributed by atoms with van der Waals surface area (Å²) in [5.74, 6) is 2.13. The zero-order valence-electron chi connectivity index (χ0n) is 14.7. The highest BCUT2D eigenvalue weighted by Crippen LogP contribution is 2.35. The standard InChI is InChI=1S/C19H28N4O/c1-3-8-17-22-19(24-23-17)14(2)21-18(15-9-5-4-6-10-15)16-11-7-12-20-13-16/h7,11-15,18,21H,3-6,8-10H2,1-2H3. The van der Waals surface area contributed by atoms with Crippen molar-refractivity contribution in [3.8, 4) is 0 Å². The first-order valence-corrected chi connectivity index (χ1v) is 9.26. The SMILES string of the molecule is CCCc1noc(C(C)NC(c2cccnc2)C2CCCCC2)n1. The minimum Gasteiger partial charge on any atom is -0.338 e. The van der Waals surface area contributed by atoms with Crippen molar-refractivity contribution in [3.63, 3.8) is 0 Å². The van der Waals surface area contributed by atoms with Gasteiger partial charge >= 0.3 is 0 Å². The van der Waals surface area contributed by atoms with E-state index in [4.69, 9.17) is 4.52 Å². The number of rotatable bonds is 7. The second-order valence-corrected chi connectivity index (χ2v) is 6.85. The number of aryl methyl sites for hydroxylation is 1. The van der Waals surface area contributed by atoms with Crippen LogP contribution in [0.5, 0.6) is 0 Å². The Hall–Kier alpha value is -1.75. The number of hydrogen-bond acceptors (Lipinski definition) is 5. The first kappa shape index (κ1) is 17.1. The third-order valence-electron chi connectivity index (χ3n) is 4.92. The van der Waals surface area contributed by atoms with E-state index in [1.807, 2.05) is 18.5 Å². The summed E-state index contributed by atoms with van der Waals surface area (Å²) in [5, 5.41) is 7.82. The summed E-state index contributed by atoms with van der Waals surface area (Å²) < 4.78 is 5.46. The summed E-state index contributed by atoms with van der Waals surface area (Å²) in [7, 11) is 0. The molecule has 1 N–H and O–H groups in total. The highest BCUT2D eigenvalue weighted by atomic mass is 16.5. The topological polar surface area (TPSA) is 63.8 Å². The van der Waals surface area contributed by atoms with Crippen LogP contribution in [-0.2, 0) is 6.42 Å². The molecule has 0 bridgehead atoms. The van der Waals surface area contributed by atoms with Crippen molar-refractivity contribution in [2.45, 2.75) is 70.9 Å². The van der Waals surface area contributed by atoms with Crippen molar-refractivity contribution < 1.29 is 4.52 Å². The lowest BCUT2D eigenvalue weighted by Gasteiger charge is -2.32. The molecule has 24 heavy (non-hydrogen) atoms. The summed E-state index contributed by atoms with van der Waals surface area (Å²) in [5.41, 5.74) is 1.25. The molecule has 1 aliphatic rings. The molecule has 1 saturated carbocycles. The Balaban J connectivity index is 1.74. The van der Waals surface area contributed by atoms with Gasteiger partial charge in [0.15, 0.2) is 5.82 Å². The van der Waals surface area contributed by atoms with Crippen LogP contribution in [0.4, 0.5) is 0 Å². The number of nitrogens with one attached hydrogen (secondary N) is 1. The van der Waals surface area contributed by atoms with Gasteiger partial charge < -0.3 is 4.52 Å². The van der Waals surface area contributed by atoms with Crippen LogP contribution < -0.4 is 5.32 Å². The van der Waals surface area contributed by atoms with Gasteiger partial charge in [0.25, 0.3) is 0 Å². The maximum absolute atomic E-state index is 5.46. The van der Waals surface area contributed by atoms with Gasteiger partial charge in [0, 0.05) is 24.9 Å². The second-order valence-electron chi connectivity index (χ2n) is 6.85. The monoisotopic (exact) mass is 328 g/mol. The van der Waals surface area contributed by atoms with Gasteiger partial charge in [-0.15, -0.1) is 0 Å². The Labute approximate surface area is 144 Å². The average molecular weight is 328 g/mol. The van der Waals surface area contributed by atoms with Crippen molar-refractivity contribution in [2.24, 2.45) is 5.92 Å². The summed E-state index contributed by atoms with van der Waals surface area (Å²) in [6.07, 6.45) is 12.2. The summed E-state index contributed by atoms with van der Waals surface area (Å²) in [6, 6.07) is 4.51. The summed E-state index contributed by atoms with van der Waals surface area (Å²) >= 11 is 0. The summed E-state index contributed by atoms with van der Waals surface area (Å²) in [6.45, 7) is 4.23. The van der Waals surface area contributed by atoms with Gasteiger partial charge in [-0.3, -0.25) is 10.3 Å². The molecule has 2 aromatic rings. The molecule has 3 rings (SSSR count). The van der Waals surface area contributed by atoms with Crippen LogP contribution in [0, 0.1) is 5.92 Å². The largest absolute Gasteiger partial charge is 0.338 e. The van der Waals surface area contributed by atoms with Gasteiger partial charge in [-0.05, 0) is 43.7 Å². The molecule has 2 heterocycles. The third kappa shape index (κ3) is 4.20. The molecule has 0 amide bonds. The van der Waals surface area contributed by atoms with Gasteiger partial charge in [0.1, 0.15) is 0 Å². The van der Waals surface area contributed by atoms with E-state index < -0.39 is 0 Å². The normalized spacial score (nSPS) is 18.4. The van der Waals surface area contributed by atoms with Gasteiger partial charge in [-0.2, -0.15) is 4.98 Å². The van der Waals surface area contributed by atoms with Crippen LogP contribution in [0.2, 0.25) is 0 Å². The Morgan fingerprint density at radius 1 is 1.29 bits per heavy atom. The second kappa shape index (κ2) is 8.38. The lowest BCUT2D eigenvalue weighted by molar-refractivity contribution is 0.239. The van der Waals surface area contributed by atoms with Gasteiger partial charge in [-0.1, -0.05) is 37.4 Å². The number of pyridine rings is 1. The fraction of sp³-hybridized carbons (Fsp3) is 0.632. The molecule has 1 fully saturated rings. The minimum absolute atomic E-state index is 0.0373. The number of nitrogens with zero attached hydrogens (tertiary/aromatic N) is 3. The number of aromatic nitrogens is 3. The van der Waals surface area contributed by atoms with E-state index in [1.54, 1.807) is 0 Å². The molecular formula is C19H28N4O. The zero-order chi connectivity index (χ0) is 16.8. The molecule has 0 spiro atoms. The Morgan fingerprint density at radius 2 is 2.12 bits per heavy atom. The van der Waals surface area contributed by atoms with Crippen molar-refractivity contribution in [1.29, 1.82) is 0 Å². The molecule has 2 aromatic heterocycles.